The quantitative estimate of drug-likeness (QED) is 0.293. The maximum atomic E-state index is 13.5. The first kappa shape index (κ1) is 31.4. The van der Waals surface area contributed by atoms with Gasteiger partial charge in [-0.25, -0.2) is 9.78 Å². The van der Waals surface area contributed by atoms with Gasteiger partial charge in [0, 0.05) is 47.1 Å². The van der Waals surface area contributed by atoms with Crippen molar-refractivity contribution in [1.29, 1.82) is 0 Å². The summed E-state index contributed by atoms with van der Waals surface area (Å²) in [4.78, 5) is 38.3. The first-order chi connectivity index (χ1) is 21.0. The topological polar surface area (TPSA) is 136 Å². The summed E-state index contributed by atoms with van der Waals surface area (Å²) in [6, 6.07) is 1.50. The molecule has 45 heavy (non-hydrogen) atoms. The van der Waals surface area contributed by atoms with Gasteiger partial charge in [0.05, 0.1) is 29.0 Å². The molecule has 0 radical (unpaired) electrons. The van der Waals surface area contributed by atoms with Crippen LogP contribution in [0.15, 0.2) is 24.5 Å². The van der Waals surface area contributed by atoms with Gasteiger partial charge in [-0.15, -0.1) is 11.8 Å². The largest absolute Gasteiger partial charge is 0.421 e. The van der Waals surface area contributed by atoms with Crippen molar-refractivity contribution in [2.45, 2.75) is 80.7 Å². The van der Waals surface area contributed by atoms with Crippen molar-refractivity contribution < 1.29 is 35.9 Å². The first-order valence-electron chi connectivity index (χ1n) is 14.3. The second kappa shape index (κ2) is 10.7. The van der Waals surface area contributed by atoms with E-state index < -0.39 is 23.6 Å². The second-order valence-electron chi connectivity index (χ2n) is 11.9. The Kier molecular flexibility index (Phi) is 7.49. The summed E-state index contributed by atoms with van der Waals surface area (Å²) in [5, 5.41) is 4.57. The van der Waals surface area contributed by atoms with E-state index in [1.54, 1.807) is 11.8 Å². The van der Waals surface area contributed by atoms with E-state index in [-0.39, 0.29) is 58.0 Å². The maximum absolute atomic E-state index is 13.5. The molecule has 3 aliphatic rings. The summed E-state index contributed by atoms with van der Waals surface area (Å²) in [6.07, 6.45) is -6.86. The highest BCUT2D eigenvalue weighted by molar-refractivity contribution is 8.00. The van der Waals surface area contributed by atoms with Crippen LogP contribution in [0.25, 0.3) is 16.8 Å². The molecule has 0 aliphatic carbocycles. The third-order valence-corrected chi connectivity index (χ3v) is 10.2. The summed E-state index contributed by atoms with van der Waals surface area (Å²) < 4.78 is 82.1. The third-order valence-electron chi connectivity index (χ3n) is 9.04. The number of Topliss-reactive ketones (excluding diaryl/α,β-unsaturated/α-hetero) is 1. The fraction of sp³-hybridized carbons (Fsp3) is 0.536. The number of hydrogen-bond acceptors (Lipinski definition) is 8. The van der Waals surface area contributed by atoms with Crippen molar-refractivity contribution in [3.8, 4) is 11.1 Å². The van der Waals surface area contributed by atoms with Gasteiger partial charge in [-0.05, 0) is 38.7 Å². The summed E-state index contributed by atoms with van der Waals surface area (Å²) in [6.45, 7) is 4.13. The number of nitrogens with zero attached hydrogens (tertiary/aromatic N) is 6. The lowest BCUT2D eigenvalue weighted by atomic mass is 9.85. The van der Waals surface area contributed by atoms with E-state index in [0.717, 1.165) is 25.1 Å². The molecule has 0 spiro atoms. The number of carbonyl (C=O) groups is 2. The summed E-state index contributed by atoms with van der Waals surface area (Å²) in [5.74, 6) is 0.0698. The highest BCUT2D eigenvalue weighted by atomic mass is 32.2. The van der Waals surface area contributed by atoms with Crippen molar-refractivity contribution >= 4 is 35.0 Å². The average Bonchev–Trinajstić information content (AvgIpc) is 3.66. The monoisotopic (exact) mass is 656 g/mol. The summed E-state index contributed by atoms with van der Waals surface area (Å²) >= 11 is 1.73. The summed E-state index contributed by atoms with van der Waals surface area (Å²) in [7, 11) is 0. The van der Waals surface area contributed by atoms with E-state index in [2.05, 4.69) is 17.0 Å². The Morgan fingerprint density at radius 2 is 1.67 bits per heavy atom. The number of fused-ring (bicyclic) bond motifs is 3. The number of halogens is 6. The van der Waals surface area contributed by atoms with Gasteiger partial charge >= 0.3 is 18.4 Å². The number of pyridine rings is 1. The molecule has 0 aromatic carbocycles. The zero-order valence-electron chi connectivity index (χ0n) is 24.2. The SMILES string of the molecule is CC(=O)c1c(C2C[C@H]3CC[C@@H](C2)N3C(=O)N2CSC(C)C2)nc2c(-c3ccc(C(N)(C(F)(F)F)C(F)(F)F)nc3)cnn2c1N. The number of aromatic nitrogens is 4. The van der Waals surface area contributed by atoms with Crippen molar-refractivity contribution in [2.75, 3.05) is 18.2 Å². The number of nitrogens with two attached hydrogens (primary N) is 2. The highest BCUT2D eigenvalue weighted by Gasteiger charge is 2.70. The van der Waals surface area contributed by atoms with Crippen LogP contribution in [0, 0.1) is 0 Å². The van der Waals surface area contributed by atoms with E-state index in [9.17, 15) is 35.9 Å². The third kappa shape index (κ3) is 4.98. The molecule has 3 aliphatic heterocycles. The standard InChI is InChI=1S/C28H30F6N8O2S/c1-13-11-40(12-45-13)25(44)41-17-4-5-18(41)8-16(7-17)22-21(14(2)43)23(35)42-24(39-22)19(10-38-42)15-3-6-20(37-9-15)26(36,27(29,30)31)28(32,33)34/h3,6,9-10,13,16-18H,4-5,7-8,11-12,35-36H2,1-2H3/t13?,16?,17-,18+. The molecule has 4 N–H and O–H groups in total. The molecule has 4 atom stereocenters. The van der Waals surface area contributed by atoms with Gasteiger partial charge in [0.25, 0.3) is 5.54 Å². The van der Waals surface area contributed by atoms with Crippen LogP contribution in [0.3, 0.4) is 0 Å². The number of hydrogen-bond donors (Lipinski definition) is 2. The van der Waals surface area contributed by atoms with E-state index >= 15 is 0 Å². The maximum Gasteiger partial charge on any atom is 0.421 e. The number of ketones is 1. The van der Waals surface area contributed by atoms with Crippen LogP contribution in [0.1, 0.15) is 67.2 Å². The molecule has 3 fully saturated rings. The number of anilines is 1. The van der Waals surface area contributed by atoms with Crippen LogP contribution in [0.2, 0.25) is 0 Å². The first-order valence-corrected chi connectivity index (χ1v) is 15.3. The number of alkyl halides is 6. The van der Waals surface area contributed by atoms with Gasteiger partial charge in [-0.1, -0.05) is 13.0 Å². The number of rotatable bonds is 4. The average molecular weight is 657 g/mol. The number of piperidine rings is 1. The predicted molar refractivity (Wildman–Crippen MR) is 153 cm³/mol. The molecule has 10 nitrogen and oxygen atoms in total. The Balaban J connectivity index is 1.36. The zero-order chi connectivity index (χ0) is 32.6. The van der Waals surface area contributed by atoms with Crippen molar-refractivity contribution in [2.24, 2.45) is 5.73 Å². The van der Waals surface area contributed by atoms with E-state index in [4.69, 9.17) is 16.5 Å². The Labute approximate surface area is 257 Å². The number of thioether (sulfide) groups is 1. The fourth-order valence-electron chi connectivity index (χ4n) is 6.77. The lowest BCUT2D eigenvalue weighted by Crippen LogP contribution is -2.61. The second-order valence-corrected chi connectivity index (χ2v) is 13.3. The highest BCUT2D eigenvalue weighted by Crippen LogP contribution is 2.48. The molecular weight excluding hydrogens is 626 g/mol. The minimum absolute atomic E-state index is 0.00220. The van der Waals surface area contributed by atoms with Gasteiger partial charge < -0.3 is 21.3 Å². The fourth-order valence-corrected chi connectivity index (χ4v) is 7.71. The number of nitrogen functional groups attached to an aromatic ring is 1. The molecule has 3 saturated heterocycles. The smallest absolute Gasteiger partial charge is 0.383 e. The van der Waals surface area contributed by atoms with Gasteiger partial charge in [-0.3, -0.25) is 9.78 Å². The minimum Gasteiger partial charge on any atom is -0.383 e. The van der Waals surface area contributed by atoms with Crippen molar-refractivity contribution in [3.05, 3.63) is 41.5 Å². The summed E-state index contributed by atoms with van der Waals surface area (Å²) in [5.41, 5.74) is 6.33. The molecule has 242 valence electrons. The molecule has 0 saturated carbocycles. The molecule has 3 aromatic rings. The molecule has 3 aromatic heterocycles. The van der Waals surface area contributed by atoms with Crippen LogP contribution < -0.4 is 11.5 Å². The Bertz CT molecular complexity index is 1630. The molecule has 2 amide bonds. The van der Waals surface area contributed by atoms with Crippen molar-refractivity contribution in [3.63, 3.8) is 0 Å². The number of amides is 2. The van der Waals surface area contributed by atoms with E-state index in [1.165, 1.54) is 17.6 Å². The van der Waals surface area contributed by atoms with Crippen LogP contribution in [0.4, 0.5) is 37.0 Å². The zero-order valence-corrected chi connectivity index (χ0v) is 25.0. The van der Waals surface area contributed by atoms with Gasteiger partial charge in [0.1, 0.15) is 5.82 Å². The Morgan fingerprint density at radius 1 is 1.02 bits per heavy atom. The van der Waals surface area contributed by atoms with Crippen LogP contribution in [-0.4, -0.2) is 83.3 Å². The number of urea groups is 1. The Hall–Kier alpha value is -3.60. The van der Waals surface area contributed by atoms with Crippen LogP contribution in [0.5, 0.6) is 0 Å². The lowest BCUT2D eigenvalue weighted by Gasteiger charge is -2.40. The van der Waals surface area contributed by atoms with Crippen LogP contribution >= 0.6 is 11.8 Å². The molecule has 17 heteroatoms. The van der Waals surface area contributed by atoms with Crippen LogP contribution in [-0.2, 0) is 5.54 Å². The van der Waals surface area contributed by atoms with E-state index in [1.807, 2.05) is 9.80 Å². The molecule has 2 unspecified atom stereocenters. The predicted octanol–water partition coefficient (Wildman–Crippen LogP) is 5.08. The van der Waals surface area contributed by atoms with Gasteiger partial charge in [0.15, 0.2) is 11.4 Å². The van der Waals surface area contributed by atoms with E-state index in [0.29, 0.717) is 42.3 Å². The van der Waals surface area contributed by atoms with Gasteiger partial charge in [-0.2, -0.15) is 36.0 Å². The van der Waals surface area contributed by atoms with Gasteiger partial charge in [0.2, 0.25) is 0 Å². The molecular formula is C28H30F6N8O2S. The molecule has 2 bridgehead atoms. The van der Waals surface area contributed by atoms with Crippen molar-refractivity contribution in [1.82, 2.24) is 29.4 Å². The molecule has 6 heterocycles. The Morgan fingerprint density at radius 3 is 2.18 bits per heavy atom. The normalized spacial score (nSPS) is 24.1. The lowest BCUT2D eigenvalue weighted by molar-refractivity contribution is -0.303. The number of carbonyl (C=O) groups excluding carboxylic acids is 2. The molecule has 6 rings (SSSR count). The minimum atomic E-state index is -5.86.